The molecule has 4 aromatic rings. The van der Waals surface area contributed by atoms with E-state index < -0.39 is 4.92 Å². The fourth-order valence-corrected chi connectivity index (χ4v) is 4.23. The second-order valence-electron chi connectivity index (χ2n) is 8.20. The average Bonchev–Trinajstić information content (AvgIpc) is 2.92. The number of fused-ring (bicyclic) bond motifs is 1. The zero-order chi connectivity index (χ0) is 24.4. The molecule has 0 unspecified atom stereocenters. The Morgan fingerprint density at radius 2 is 1.69 bits per heavy atom. The van der Waals surface area contributed by atoms with Crippen molar-refractivity contribution in [2.45, 2.75) is 0 Å². The van der Waals surface area contributed by atoms with Gasteiger partial charge >= 0.3 is 0 Å². The first-order valence-electron chi connectivity index (χ1n) is 11.2. The molecule has 5 rings (SSSR count). The highest BCUT2D eigenvalue weighted by Crippen LogP contribution is 2.29. The summed E-state index contributed by atoms with van der Waals surface area (Å²) in [6.45, 7) is 2.14. The lowest BCUT2D eigenvalue weighted by Gasteiger charge is -2.36. The summed E-state index contributed by atoms with van der Waals surface area (Å²) < 4.78 is 5.26. The third-order valence-electron chi connectivity index (χ3n) is 6.10. The van der Waals surface area contributed by atoms with Gasteiger partial charge in [0.2, 0.25) is 0 Å². The molecule has 9 heteroatoms. The number of hydrogen-bond acceptors (Lipinski definition) is 7. The number of carbonyl (C=O) groups excluding carboxylic acids is 1. The number of anilines is 1. The van der Waals surface area contributed by atoms with Gasteiger partial charge in [-0.3, -0.25) is 14.9 Å². The van der Waals surface area contributed by atoms with Crippen LogP contribution >= 0.6 is 0 Å². The van der Waals surface area contributed by atoms with Crippen molar-refractivity contribution in [1.29, 1.82) is 0 Å². The van der Waals surface area contributed by atoms with Gasteiger partial charge in [0.15, 0.2) is 5.82 Å². The number of hydrogen-bond donors (Lipinski definition) is 0. The average molecular weight is 470 g/mol. The zero-order valence-corrected chi connectivity index (χ0v) is 19.1. The molecule has 2 heterocycles. The summed E-state index contributed by atoms with van der Waals surface area (Å²) in [5.74, 6) is 2.00. The molecule has 0 N–H and O–H groups in total. The Bertz CT molecular complexity index is 1400. The largest absolute Gasteiger partial charge is 0.497 e. The fraction of sp³-hybridized carbons (Fsp3) is 0.192. The van der Waals surface area contributed by atoms with Gasteiger partial charge in [0, 0.05) is 54.8 Å². The fourth-order valence-electron chi connectivity index (χ4n) is 4.23. The van der Waals surface area contributed by atoms with Gasteiger partial charge in [-0.25, -0.2) is 9.97 Å². The number of para-hydroxylation sites is 1. The number of methoxy groups -OCH3 is 1. The van der Waals surface area contributed by atoms with E-state index in [1.54, 1.807) is 18.1 Å². The molecule has 0 bridgehead atoms. The molecule has 1 amide bonds. The van der Waals surface area contributed by atoms with Gasteiger partial charge in [-0.2, -0.15) is 0 Å². The van der Waals surface area contributed by atoms with Crippen LogP contribution in [0.4, 0.5) is 11.5 Å². The number of nitro groups is 1. The summed E-state index contributed by atoms with van der Waals surface area (Å²) in [4.78, 5) is 37.1. The lowest BCUT2D eigenvalue weighted by Crippen LogP contribution is -2.49. The number of nitrogens with zero attached hydrogens (tertiary/aromatic N) is 5. The minimum Gasteiger partial charge on any atom is -0.497 e. The van der Waals surface area contributed by atoms with Gasteiger partial charge in [0.1, 0.15) is 11.6 Å². The van der Waals surface area contributed by atoms with Crippen molar-refractivity contribution in [3.8, 4) is 17.1 Å². The number of nitro benzene ring substituents is 1. The molecule has 1 saturated heterocycles. The van der Waals surface area contributed by atoms with Crippen molar-refractivity contribution in [1.82, 2.24) is 14.9 Å². The van der Waals surface area contributed by atoms with Crippen molar-refractivity contribution in [3.63, 3.8) is 0 Å². The maximum atomic E-state index is 13.0. The highest BCUT2D eigenvalue weighted by atomic mass is 16.6. The van der Waals surface area contributed by atoms with E-state index in [1.807, 2.05) is 48.5 Å². The Morgan fingerprint density at radius 3 is 2.40 bits per heavy atom. The number of carbonyl (C=O) groups is 1. The highest BCUT2D eigenvalue weighted by Gasteiger charge is 2.25. The normalized spacial score (nSPS) is 13.6. The Balaban J connectivity index is 1.40. The Labute approximate surface area is 201 Å². The molecule has 0 spiro atoms. The number of benzene rings is 3. The highest BCUT2D eigenvalue weighted by molar-refractivity contribution is 5.95. The smallest absolute Gasteiger partial charge is 0.270 e. The van der Waals surface area contributed by atoms with Crippen LogP contribution in [0.2, 0.25) is 0 Å². The first-order valence-corrected chi connectivity index (χ1v) is 11.2. The van der Waals surface area contributed by atoms with E-state index in [1.165, 1.54) is 18.2 Å². The van der Waals surface area contributed by atoms with E-state index in [4.69, 9.17) is 14.7 Å². The second kappa shape index (κ2) is 9.38. The third kappa shape index (κ3) is 4.48. The molecule has 3 aromatic carbocycles. The van der Waals surface area contributed by atoms with Crippen LogP contribution in [0.25, 0.3) is 22.3 Å². The molecule has 1 aromatic heterocycles. The van der Waals surface area contributed by atoms with Crippen molar-refractivity contribution in [3.05, 3.63) is 88.5 Å². The van der Waals surface area contributed by atoms with Crippen molar-refractivity contribution in [2.24, 2.45) is 0 Å². The number of rotatable bonds is 5. The Hall–Kier alpha value is -4.53. The molecular formula is C26H23N5O4. The van der Waals surface area contributed by atoms with Gasteiger partial charge in [-0.1, -0.05) is 18.2 Å². The lowest BCUT2D eigenvalue weighted by molar-refractivity contribution is -0.384. The predicted octanol–water partition coefficient (Wildman–Crippen LogP) is 4.18. The summed E-state index contributed by atoms with van der Waals surface area (Å²) >= 11 is 0. The molecule has 0 aliphatic carbocycles. The quantitative estimate of drug-likeness (QED) is 0.319. The summed E-state index contributed by atoms with van der Waals surface area (Å²) in [5.41, 5.74) is 1.96. The van der Waals surface area contributed by atoms with E-state index in [2.05, 4.69) is 4.90 Å². The molecular weight excluding hydrogens is 446 g/mol. The molecule has 0 saturated carbocycles. The van der Waals surface area contributed by atoms with Crippen LogP contribution in [0.1, 0.15) is 10.4 Å². The van der Waals surface area contributed by atoms with Gasteiger partial charge in [0.25, 0.3) is 11.6 Å². The van der Waals surface area contributed by atoms with Gasteiger partial charge in [0.05, 0.1) is 17.5 Å². The van der Waals surface area contributed by atoms with Crippen molar-refractivity contribution in [2.75, 3.05) is 38.2 Å². The van der Waals surface area contributed by atoms with E-state index in [9.17, 15) is 14.9 Å². The second-order valence-corrected chi connectivity index (χ2v) is 8.20. The van der Waals surface area contributed by atoms with Crippen LogP contribution in [0.5, 0.6) is 5.75 Å². The molecule has 0 atom stereocenters. The van der Waals surface area contributed by atoms with Crippen LogP contribution in [-0.4, -0.2) is 59.0 Å². The van der Waals surface area contributed by atoms with Gasteiger partial charge < -0.3 is 14.5 Å². The maximum absolute atomic E-state index is 13.0. The van der Waals surface area contributed by atoms with E-state index in [-0.39, 0.29) is 11.6 Å². The molecule has 1 aliphatic rings. The van der Waals surface area contributed by atoms with Crippen molar-refractivity contribution < 1.29 is 14.5 Å². The molecule has 176 valence electrons. The van der Waals surface area contributed by atoms with Gasteiger partial charge in [-0.05, 0) is 42.5 Å². The maximum Gasteiger partial charge on any atom is 0.270 e. The molecule has 35 heavy (non-hydrogen) atoms. The Morgan fingerprint density at radius 1 is 0.943 bits per heavy atom. The molecule has 1 aliphatic heterocycles. The number of ether oxygens (including phenoxy) is 1. The number of amides is 1. The molecule has 0 radical (unpaired) electrons. The predicted molar refractivity (Wildman–Crippen MR) is 133 cm³/mol. The lowest BCUT2D eigenvalue weighted by atomic mass is 10.1. The number of non-ortho nitro benzene ring substituents is 1. The van der Waals surface area contributed by atoms with Crippen LogP contribution in [-0.2, 0) is 0 Å². The summed E-state index contributed by atoms with van der Waals surface area (Å²) in [6.07, 6.45) is 0. The summed E-state index contributed by atoms with van der Waals surface area (Å²) in [7, 11) is 1.63. The Kier molecular flexibility index (Phi) is 5.97. The first kappa shape index (κ1) is 22.3. The van der Waals surface area contributed by atoms with E-state index >= 15 is 0 Å². The third-order valence-corrected chi connectivity index (χ3v) is 6.10. The minimum atomic E-state index is -0.491. The summed E-state index contributed by atoms with van der Waals surface area (Å²) in [6, 6.07) is 21.4. The van der Waals surface area contributed by atoms with Crippen LogP contribution < -0.4 is 9.64 Å². The standard InChI is InChI=1S/C26H23N5O4/c1-35-21-11-9-18(10-12-21)24-27-23-8-3-2-7-22(23)25(28-24)29-13-15-30(16-14-29)26(32)19-5-4-6-20(17-19)31(33)34/h2-12,17H,13-16H2,1H3. The topological polar surface area (TPSA) is 102 Å². The zero-order valence-electron chi connectivity index (χ0n) is 19.1. The SMILES string of the molecule is COc1ccc(-c2nc(N3CCN(C(=O)c4cccc([N+](=O)[O-])c4)CC3)c3ccccc3n2)cc1. The van der Waals surface area contributed by atoms with Crippen LogP contribution in [0.15, 0.2) is 72.8 Å². The minimum absolute atomic E-state index is 0.0898. The first-order chi connectivity index (χ1) is 17.0. The number of piperazine rings is 1. The van der Waals surface area contributed by atoms with Crippen molar-refractivity contribution >= 4 is 28.3 Å². The van der Waals surface area contributed by atoms with E-state index in [0.29, 0.717) is 37.6 Å². The monoisotopic (exact) mass is 469 g/mol. The number of aromatic nitrogens is 2. The van der Waals surface area contributed by atoms with Gasteiger partial charge in [-0.15, -0.1) is 0 Å². The van der Waals surface area contributed by atoms with Crippen LogP contribution in [0.3, 0.4) is 0 Å². The summed E-state index contributed by atoms with van der Waals surface area (Å²) in [5, 5.41) is 12.0. The molecule has 1 fully saturated rings. The molecule has 9 nitrogen and oxygen atoms in total. The van der Waals surface area contributed by atoms with E-state index in [0.717, 1.165) is 28.0 Å². The van der Waals surface area contributed by atoms with Crippen LogP contribution in [0, 0.1) is 10.1 Å².